The quantitative estimate of drug-likeness (QED) is 0.650. The van der Waals surface area contributed by atoms with Crippen molar-refractivity contribution in [3.63, 3.8) is 0 Å². The van der Waals surface area contributed by atoms with E-state index in [1.807, 2.05) is 0 Å². The predicted molar refractivity (Wildman–Crippen MR) is 61.6 cm³/mol. The molecule has 92 valence electrons. The van der Waals surface area contributed by atoms with Gasteiger partial charge in [-0.1, -0.05) is 0 Å². The second kappa shape index (κ2) is 4.66. The summed E-state index contributed by atoms with van der Waals surface area (Å²) in [6.07, 6.45) is 1.46. The smallest absolute Gasteiger partial charge is 0.309 e. The van der Waals surface area contributed by atoms with Crippen molar-refractivity contribution in [1.82, 2.24) is 9.78 Å². The van der Waals surface area contributed by atoms with Crippen molar-refractivity contribution in [1.29, 1.82) is 0 Å². The molecule has 2 aromatic rings. The van der Waals surface area contributed by atoms with Gasteiger partial charge in [0.1, 0.15) is 0 Å². The second-order valence-corrected chi connectivity index (χ2v) is 3.60. The van der Waals surface area contributed by atoms with Crippen LogP contribution in [0.3, 0.4) is 0 Å². The Bertz CT molecular complexity index is 589. The lowest BCUT2D eigenvalue weighted by Crippen LogP contribution is -2.02. The topological polar surface area (TPSA) is 98.3 Å². The molecule has 0 amide bonds. The molecule has 0 aliphatic carbocycles. The van der Waals surface area contributed by atoms with E-state index in [0.29, 0.717) is 11.4 Å². The van der Waals surface area contributed by atoms with Crippen LogP contribution in [0, 0.1) is 10.1 Å². The summed E-state index contributed by atoms with van der Waals surface area (Å²) < 4.78 is 1.47. The Morgan fingerprint density at radius 2 is 2.00 bits per heavy atom. The monoisotopic (exact) mass is 247 g/mol. The van der Waals surface area contributed by atoms with Gasteiger partial charge in [0.05, 0.1) is 22.7 Å². The fourth-order valence-electron chi connectivity index (χ4n) is 1.48. The number of hydrogen-bond donors (Lipinski definition) is 1. The van der Waals surface area contributed by atoms with Crippen molar-refractivity contribution in [3.8, 4) is 5.69 Å². The summed E-state index contributed by atoms with van der Waals surface area (Å²) in [7, 11) is 0. The largest absolute Gasteiger partial charge is 0.481 e. The molecule has 0 spiro atoms. The highest BCUT2D eigenvalue weighted by molar-refractivity contribution is 5.69. The van der Waals surface area contributed by atoms with E-state index in [9.17, 15) is 14.9 Å². The Balaban J connectivity index is 2.23. The molecule has 0 fully saturated rings. The van der Waals surface area contributed by atoms with Crippen molar-refractivity contribution >= 4 is 11.7 Å². The maximum Gasteiger partial charge on any atom is 0.309 e. The summed E-state index contributed by atoms with van der Waals surface area (Å²) in [4.78, 5) is 20.5. The molecule has 18 heavy (non-hydrogen) atoms. The van der Waals surface area contributed by atoms with E-state index in [0.717, 1.165) is 0 Å². The molecule has 0 atom stereocenters. The van der Waals surface area contributed by atoms with E-state index >= 15 is 0 Å². The zero-order valence-electron chi connectivity index (χ0n) is 9.18. The first kappa shape index (κ1) is 11.8. The number of hydrogen-bond acceptors (Lipinski definition) is 4. The fraction of sp³-hybridized carbons (Fsp3) is 0.0909. The Morgan fingerprint density at radius 3 is 2.56 bits per heavy atom. The molecule has 1 N–H and O–H groups in total. The predicted octanol–water partition coefficient (Wildman–Crippen LogP) is 1.41. The number of carboxylic acids is 1. The van der Waals surface area contributed by atoms with Gasteiger partial charge in [-0.2, -0.15) is 5.10 Å². The van der Waals surface area contributed by atoms with Crippen LogP contribution in [-0.2, 0) is 11.2 Å². The fourth-order valence-corrected chi connectivity index (χ4v) is 1.48. The number of rotatable bonds is 4. The van der Waals surface area contributed by atoms with E-state index < -0.39 is 10.9 Å². The highest BCUT2D eigenvalue weighted by atomic mass is 16.6. The molecule has 0 bridgehead atoms. The summed E-state index contributed by atoms with van der Waals surface area (Å²) in [6, 6.07) is 7.43. The van der Waals surface area contributed by atoms with Crippen LogP contribution in [0.25, 0.3) is 5.69 Å². The van der Waals surface area contributed by atoms with Gasteiger partial charge < -0.3 is 5.11 Å². The molecule has 1 heterocycles. The molecule has 1 aromatic carbocycles. The molecule has 0 radical (unpaired) electrons. The summed E-state index contributed by atoms with van der Waals surface area (Å²) in [5.41, 5.74) is 1.06. The maximum absolute atomic E-state index is 10.5. The lowest BCUT2D eigenvalue weighted by molar-refractivity contribution is -0.384. The molecule has 2 rings (SSSR count). The maximum atomic E-state index is 10.5. The van der Waals surface area contributed by atoms with E-state index in [1.54, 1.807) is 24.4 Å². The van der Waals surface area contributed by atoms with Crippen LogP contribution in [-0.4, -0.2) is 25.8 Å². The van der Waals surface area contributed by atoms with E-state index in [2.05, 4.69) is 5.10 Å². The highest BCUT2D eigenvalue weighted by Crippen LogP contribution is 2.14. The Kier molecular flexibility index (Phi) is 3.05. The van der Waals surface area contributed by atoms with E-state index in [1.165, 1.54) is 16.8 Å². The number of aliphatic carboxylic acids is 1. The van der Waals surface area contributed by atoms with Crippen LogP contribution in [0.2, 0.25) is 0 Å². The zero-order chi connectivity index (χ0) is 13.1. The van der Waals surface area contributed by atoms with Gasteiger partial charge in [0.25, 0.3) is 5.69 Å². The number of nitrogens with zero attached hydrogens (tertiary/aromatic N) is 3. The van der Waals surface area contributed by atoms with Crippen molar-refractivity contribution in [2.45, 2.75) is 6.42 Å². The lowest BCUT2D eigenvalue weighted by Gasteiger charge is -2.00. The molecule has 0 aliphatic heterocycles. The van der Waals surface area contributed by atoms with Crippen LogP contribution in [0.4, 0.5) is 5.69 Å². The number of nitro benzene ring substituents is 1. The molecule has 0 unspecified atom stereocenters. The van der Waals surface area contributed by atoms with Crippen LogP contribution in [0.5, 0.6) is 0 Å². The highest BCUT2D eigenvalue weighted by Gasteiger charge is 2.07. The number of carbonyl (C=O) groups is 1. The van der Waals surface area contributed by atoms with Gasteiger partial charge in [0, 0.05) is 18.3 Å². The third kappa shape index (κ3) is 2.51. The van der Waals surface area contributed by atoms with Crippen molar-refractivity contribution < 1.29 is 14.8 Å². The Labute approximate surface area is 101 Å². The average Bonchev–Trinajstić information content (AvgIpc) is 2.76. The molecule has 7 nitrogen and oxygen atoms in total. The molecule has 0 saturated carbocycles. The summed E-state index contributed by atoms with van der Waals surface area (Å²) in [6.45, 7) is 0. The van der Waals surface area contributed by atoms with Crippen LogP contribution >= 0.6 is 0 Å². The molecule has 0 aliphatic rings. The van der Waals surface area contributed by atoms with E-state index in [4.69, 9.17) is 5.11 Å². The van der Waals surface area contributed by atoms with Crippen LogP contribution < -0.4 is 0 Å². The molecular weight excluding hydrogens is 238 g/mol. The zero-order valence-corrected chi connectivity index (χ0v) is 9.18. The van der Waals surface area contributed by atoms with Gasteiger partial charge in [-0.15, -0.1) is 0 Å². The number of benzene rings is 1. The summed E-state index contributed by atoms with van der Waals surface area (Å²) >= 11 is 0. The first-order valence-electron chi connectivity index (χ1n) is 5.07. The number of carboxylic acid groups (broad SMARTS) is 1. The first-order chi connectivity index (χ1) is 8.56. The first-order valence-corrected chi connectivity index (χ1v) is 5.07. The minimum absolute atomic E-state index is 0.00309. The van der Waals surface area contributed by atoms with Gasteiger partial charge >= 0.3 is 5.97 Å². The second-order valence-electron chi connectivity index (χ2n) is 3.60. The normalized spacial score (nSPS) is 10.2. The lowest BCUT2D eigenvalue weighted by atomic mass is 10.3. The van der Waals surface area contributed by atoms with Crippen molar-refractivity contribution in [3.05, 3.63) is 52.3 Å². The van der Waals surface area contributed by atoms with Crippen molar-refractivity contribution in [2.24, 2.45) is 0 Å². The number of nitro groups is 1. The van der Waals surface area contributed by atoms with Crippen LogP contribution in [0.15, 0.2) is 36.5 Å². The van der Waals surface area contributed by atoms with Gasteiger partial charge in [-0.25, -0.2) is 4.68 Å². The minimum Gasteiger partial charge on any atom is -0.481 e. The third-order valence-electron chi connectivity index (χ3n) is 2.30. The molecular formula is C11H9N3O4. The van der Waals surface area contributed by atoms with Crippen LogP contribution in [0.1, 0.15) is 5.69 Å². The number of non-ortho nitro benzene ring substituents is 1. The summed E-state index contributed by atoms with van der Waals surface area (Å²) in [5.74, 6) is -0.955. The number of aromatic nitrogens is 2. The Morgan fingerprint density at radius 1 is 1.33 bits per heavy atom. The van der Waals surface area contributed by atoms with Gasteiger partial charge in [-0.05, 0) is 18.2 Å². The molecule has 1 aromatic heterocycles. The van der Waals surface area contributed by atoms with Gasteiger partial charge in [-0.3, -0.25) is 14.9 Å². The average molecular weight is 247 g/mol. The standard InChI is InChI=1S/C11H9N3O4/c15-11(16)7-8-5-6-13(12-8)9-1-3-10(4-2-9)14(17)18/h1-6H,7H2,(H,15,16). The molecule has 7 heteroatoms. The minimum atomic E-state index is -0.955. The SMILES string of the molecule is O=C(O)Cc1ccn(-c2ccc([N+](=O)[O-])cc2)n1. The summed E-state index contributed by atoms with van der Waals surface area (Å²) in [5, 5.41) is 23.2. The third-order valence-corrected chi connectivity index (χ3v) is 2.30. The van der Waals surface area contributed by atoms with Gasteiger partial charge in [0.15, 0.2) is 0 Å². The van der Waals surface area contributed by atoms with Gasteiger partial charge in [0.2, 0.25) is 0 Å². The molecule has 0 saturated heterocycles. The van der Waals surface area contributed by atoms with Crippen molar-refractivity contribution in [2.75, 3.05) is 0 Å². The van der Waals surface area contributed by atoms with E-state index in [-0.39, 0.29) is 12.1 Å². The Hall–Kier alpha value is -2.70.